The predicted octanol–water partition coefficient (Wildman–Crippen LogP) is 3.32. The molecular formula is C17H22N2O3. The molecule has 1 saturated carbocycles. The lowest BCUT2D eigenvalue weighted by Gasteiger charge is -2.29. The number of hydrogen-bond donors (Lipinski definition) is 0. The van der Waals surface area contributed by atoms with Crippen LogP contribution < -0.4 is 0 Å². The van der Waals surface area contributed by atoms with E-state index in [4.69, 9.17) is 0 Å². The van der Waals surface area contributed by atoms with Gasteiger partial charge in [0.25, 0.3) is 5.69 Å². The van der Waals surface area contributed by atoms with Crippen LogP contribution in [0, 0.1) is 16.0 Å². The maximum absolute atomic E-state index is 12.7. The van der Waals surface area contributed by atoms with E-state index in [0.29, 0.717) is 17.5 Å². The number of benzene rings is 1. The third-order valence-corrected chi connectivity index (χ3v) is 5.09. The van der Waals surface area contributed by atoms with Gasteiger partial charge >= 0.3 is 0 Å². The fraction of sp³-hybridized carbons (Fsp3) is 0.588. The molecule has 5 nitrogen and oxygen atoms in total. The number of nitro groups is 1. The smallest absolute Gasteiger partial charge is 0.273 e. The number of carbonyl (C=O) groups is 1. The third kappa shape index (κ3) is 2.98. The normalized spacial score (nSPS) is 22.2. The fourth-order valence-corrected chi connectivity index (χ4v) is 4.04. The molecule has 22 heavy (non-hydrogen) atoms. The standard InChI is InChI=1S/C17H22N2O3/c20-17(12-14-8-3-4-9-16(14)19(21)22)18-11-5-10-15(18)13-6-1-2-7-13/h3-4,8-9,13,15H,1-2,5-7,10-12H2/t15-/m1/s1. The van der Waals surface area contributed by atoms with E-state index in [-0.39, 0.29) is 18.0 Å². The molecule has 5 heteroatoms. The molecule has 0 aromatic heterocycles. The topological polar surface area (TPSA) is 63.4 Å². The molecule has 0 spiro atoms. The molecule has 1 saturated heterocycles. The minimum Gasteiger partial charge on any atom is -0.339 e. The SMILES string of the molecule is O=C(Cc1ccccc1[N+](=O)[O-])N1CCC[C@@H]1C1CCCC1. The Morgan fingerprint density at radius 1 is 1.18 bits per heavy atom. The van der Waals surface area contributed by atoms with Gasteiger partial charge in [-0.2, -0.15) is 0 Å². The summed E-state index contributed by atoms with van der Waals surface area (Å²) in [4.78, 5) is 25.3. The first-order chi connectivity index (χ1) is 10.7. The average molecular weight is 302 g/mol. The largest absolute Gasteiger partial charge is 0.339 e. The van der Waals surface area contributed by atoms with Gasteiger partial charge in [-0.3, -0.25) is 14.9 Å². The first kappa shape index (κ1) is 15.0. The minimum absolute atomic E-state index is 0.0451. The van der Waals surface area contributed by atoms with E-state index in [1.807, 2.05) is 4.90 Å². The highest BCUT2D eigenvalue weighted by Gasteiger charge is 2.36. The Balaban J connectivity index is 1.72. The van der Waals surface area contributed by atoms with E-state index in [9.17, 15) is 14.9 Å². The van der Waals surface area contributed by atoms with Crippen LogP contribution in [-0.2, 0) is 11.2 Å². The van der Waals surface area contributed by atoms with Gasteiger partial charge in [0.05, 0.1) is 11.3 Å². The van der Waals surface area contributed by atoms with Crippen molar-refractivity contribution in [2.24, 2.45) is 5.92 Å². The minimum atomic E-state index is -0.402. The van der Waals surface area contributed by atoms with Crippen LogP contribution in [0.5, 0.6) is 0 Å². The number of nitro benzene ring substituents is 1. The summed E-state index contributed by atoms with van der Waals surface area (Å²) in [6, 6.07) is 6.92. The van der Waals surface area contributed by atoms with Gasteiger partial charge < -0.3 is 4.90 Å². The fourth-order valence-electron chi connectivity index (χ4n) is 4.04. The molecule has 1 aliphatic carbocycles. The highest BCUT2D eigenvalue weighted by atomic mass is 16.6. The van der Waals surface area contributed by atoms with Gasteiger partial charge in [-0.1, -0.05) is 31.0 Å². The van der Waals surface area contributed by atoms with Gasteiger partial charge in [-0.25, -0.2) is 0 Å². The summed E-state index contributed by atoms with van der Waals surface area (Å²) in [6.07, 6.45) is 7.28. The first-order valence-corrected chi connectivity index (χ1v) is 8.18. The van der Waals surface area contributed by atoms with Crippen LogP contribution in [0.4, 0.5) is 5.69 Å². The molecule has 0 unspecified atom stereocenters. The van der Waals surface area contributed by atoms with Gasteiger partial charge in [-0.05, 0) is 31.6 Å². The Hall–Kier alpha value is -1.91. The van der Waals surface area contributed by atoms with E-state index in [0.717, 1.165) is 19.4 Å². The molecule has 2 fully saturated rings. The summed E-state index contributed by atoms with van der Waals surface area (Å²) in [5.41, 5.74) is 0.571. The highest BCUT2D eigenvalue weighted by Crippen LogP contribution is 2.35. The van der Waals surface area contributed by atoms with Crippen molar-refractivity contribution >= 4 is 11.6 Å². The molecular weight excluding hydrogens is 280 g/mol. The van der Waals surface area contributed by atoms with Crippen LogP contribution in [0.2, 0.25) is 0 Å². The Bertz CT molecular complexity index is 567. The Kier molecular flexibility index (Phi) is 4.41. The maximum atomic E-state index is 12.7. The van der Waals surface area contributed by atoms with Crippen LogP contribution >= 0.6 is 0 Å². The molecule has 1 aromatic rings. The van der Waals surface area contributed by atoms with Crippen molar-refractivity contribution in [3.05, 3.63) is 39.9 Å². The van der Waals surface area contributed by atoms with Crippen LogP contribution in [0.1, 0.15) is 44.1 Å². The molecule has 0 bridgehead atoms. The molecule has 0 N–H and O–H groups in total. The molecule has 1 aliphatic heterocycles. The zero-order valence-electron chi connectivity index (χ0n) is 12.7. The Morgan fingerprint density at radius 3 is 2.64 bits per heavy atom. The number of para-hydroxylation sites is 1. The Morgan fingerprint density at radius 2 is 1.91 bits per heavy atom. The van der Waals surface area contributed by atoms with Crippen LogP contribution in [0.3, 0.4) is 0 Å². The maximum Gasteiger partial charge on any atom is 0.273 e. The second-order valence-corrected chi connectivity index (χ2v) is 6.40. The zero-order valence-corrected chi connectivity index (χ0v) is 12.7. The second-order valence-electron chi connectivity index (χ2n) is 6.40. The molecule has 3 rings (SSSR count). The lowest BCUT2D eigenvalue weighted by Crippen LogP contribution is -2.40. The Labute approximate surface area is 130 Å². The quantitative estimate of drug-likeness (QED) is 0.633. The van der Waals surface area contributed by atoms with Gasteiger partial charge in [0.1, 0.15) is 0 Å². The number of hydrogen-bond acceptors (Lipinski definition) is 3. The number of nitrogens with zero attached hydrogens (tertiary/aromatic N) is 2. The summed E-state index contributed by atoms with van der Waals surface area (Å²) in [7, 11) is 0. The van der Waals surface area contributed by atoms with Crippen LogP contribution in [0.15, 0.2) is 24.3 Å². The van der Waals surface area contributed by atoms with Crippen molar-refractivity contribution in [3.8, 4) is 0 Å². The third-order valence-electron chi connectivity index (χ3n) is 5.09. The summed E-state index contributed by atoms with van der Waals surface area (Å²) in [5.74, 6) is 0.681. The van der Waals surface area contributed by atoms with E-state index in [2.05, 4.69) is 0 Å². The molecule has 1 atom stereocenters. The molecule has 1 heterocycles. The molecule has 0 radical (unpaired) electrons. The second kappa shape index (κ2) is 6.46. The molecule has 2 aliphatic rings. The van der Waals surface area contributed by atoms with Crippen molar-refractivity contribution in [2.45, 2.75) is 51.0 Å². The van der Waals surface area contributed by atoms with Crippen molar-refractivity contribution < 1.29 is 9.72 Å². The lowest BCUT2D eigenvalue weighted by atomic mass is 9.95. The van der Waals surface area contributed by atoms with Gasteiger partial charge in [0, 0.05) is 24.2 Å². The molecule has 1 amide bonds. The van der Waals surface area contributed by atoms with Crippen LogP contribution in [0.25, 0.3) is 0 Å². The van der Waals surface area contributed by atoms with Gasteiger partial charge in [0.2, 0.25) is 5.91 Å². The monoisotopic (exact) mass is 302 g/mol. The summed E-state index contributed by atoms with van der Waals surface area (Å²) in [5, 5.41) is 11.1. The number of rotatable bonds is 4. The van der Waals surface area contributed by atoms with Crippen molar-refractivity contribution in [2.75, 3.05) is 6.54 Å². The molecule has 118 valence electrons. The zero-order chi connectivity index (χ0) is 15.5. The van der Waals surface area contributed by atoms with Crippen molar-refractivity contribution in [1.82, 2.24) is 4.90 Å². The van der Waals surface area contributed by atoms with Gasteiger partial charge in [-0.15, -0.1) is 0 Å². The van der Waals surface area contributed by atoms with E-state index >= 15 is 0 Å². The number of carbonyl (C=O) groups excluding carboxylic acids is 1. The molecule has 1 aromatic carbocycles. The predicted molar refractivity (Wildman–Crippen MR) is 83.5 cm³/mol. The highest BCUT2D eigenvalue weighted by molar-refractivity contribution is 5.80. The van der Waals surface area contributed by atoms with E-state index in [1.165, 1.54) is 31.7 Å². The first-order valence-electron chi connectivity index (χ1n) is 8.18. The van der Waals surface area contributed by atoms with Gasteiger partial charge in [0.15, 0.2) is 0 Å². The lowest BCUT2D eigenvalue weighted by molar-refractivity contribution is -0.385. The number of amides is 1. The summed E-state index contributed by atoms with van der Waals surface area (Å²) in [6.45, 7) is 0.806. The van der Waals surface area contributed by atoms with Crippen molar-refractivity contribution in [3.63, 3.8) is 0 Å². The summed E-state index contributed by atoms with van der Waals surface area (Å²) < 4.78 is 0. The van der Waals surface area contributed by atoms with E-state index < -0.39 is 4.92 Å². The van der Waals surface area contributed by atoms with Crippen molar-refractivity contribution in [1.29, 1.82) is 0 Å². The van der Waals surface area contributed by atoms with Crippen LogP contribution in [-0.4, -0.2) is 28.3 Å². The van der Waals surface area contributed by atoms with E-state index in [1.54, 1.807) is 18.2 Å². The number of likely N-dealkylation sites (tertiary alicyclic amines) is 1. The average Bonchev–Trinajstić information content (AvgIpc) is 3.18. The summed E-state index contributed by atoms with van der Waals surface area (Å²) >= 11 is 0.